The lowest BCUT2D eigenvalue weighted by Crippen LogP contribution is -2.10. The third-order valence-electron chi connectivity index (χ3n) is 10.2. The van der Waals surface area contributed by atoms with Crippen LogP contribution >= 0.6 is 0 Å². The Hall–Kier alpha value is -7.43. The van der Waals surface area contributed by atoms with E-state index in [9.17, 15) is 0 Å². The molecule has 1 aromatic heterocycles. The van der Waals surface area contributed by atoms with Crippen molar-refractivity contribution in [1.29, 1.82) is 0 Å². The van der Waals surface area contributed by atoms with Gasteiger partial charge in [-0.2, -0.15) is 0 Å². The number of oxazole rings is 1. The molecule has 1 heterocycles. The maximum absolute atomic E-state index is 6.77. The van der Waals surface area contributed by atoms with E-state index in [1.165, 1.54) is 5.56 Å². The van der Waals surface area contributed by atoms with Crippen molar-refractivity contribution >= 4 is 66.8 Å². The average Bonchev–Trinajstić information content (AvgIpc) is 3.72. The van der Waals surface area contributed by atoms with E-state index in [1.54, 1.807) is 0 Å². The molecule has 0 radical (unpaired) electrons. The highest BCUT2D eigenvalue weighted by Gasteiger charge is 2.20. The summed E-state index contributed by atoms with van der Waals surface area (Å²) in [6, 6.07) is 74.4. The molecule has 0 fully saturated rings. The molecule has 4 heteroatoms. The fraction of sp³-hybridized carbons (Fsp3) is 0. The summed E-state index contributed by atoms with van der Waals surface area (Å²) in [5.74, 6) is 0.583. The highest BCUT2D eigenvalue weighted by atomic mass is 16.3. The van der Waals surface area contributed by atoms with Crippen LogP contribution in [0.5, 0.6) is 0 Å². The number of benzene rings is 9. The van der Waals surface area contributed by atoms with Gasteiger partial charge in [-0.3, -0.25) is 0 Å². The number of nitrogens with zero attached hydrogens (tertiary/aromatic N) is 3. The summed E-state index contributed by atoms with van der Waals surface area (Å²) in [6.07, 6.45) is 0. The molecule has 0 bridgehead atoms. The summed E-state index contributed by atoms with van der Waals surface area (Å²) >= 11 is 0. The molecule has 0 spiro atoms. The summed E-state index contributed by atoms with van der Waals surface area (Å²) in [5, 5.41) is 4.33. The quantitative estimate of drug-likeness (QED) is 0.147. The predicted molar refractivity (Wildman–Crippen MR) is 229 cm³/mol. The number of rotatable bonds is 8. The molecule has 10 rings (SSSR count). The van der Waals surface area contributed by atoms with Gasteiger partial charge in [-0.15, -0.1) is 0 Å². The smallest absolute Gasteiger partial charge is 0.227 e. The van der Waals surface area contributed by atoms with Crippen molar-refractivity contribution in [3.8, 4) is 22.6 Å². The minimum Gasteiger partial charge on any atom is -0.435 e. The average molecular weight is 706 g/mol. The molecule has 0 amide bonds. The number of hydrogen-bond acceptors (Lipinski definition) is 4. The highest BCUT2D eigenvalue weighted by molar-refractivity contribution is 6.23. The number of aromatic nitrogens is 1. The Balaban J connectivity index is 1.11. The second-order valence-electron chi connectivity index (χ2n) is 13.6. The molecule has 0 unspecified atom stereocenters. The predicted octanol–water partition coefficient (Wildman–Crippen LogP) is 14.4. The second kappa shape index (κ2) is 13.8. The Kier molecular flexibility index (Phi) is 8.12. The van der Waals surface area contributed by atoms with E-state index in [2.05, 4.69) is 222 Å². The SMILES string of the molecule is c1ccc(-c2cccc(N(c3ccccc3)c3cccc(-c4nc5c6ccc(N(c7ccccc7)c7ccccc7)cc6c6ccccc6c5o4)c3)c2)cc1. The van der Waals surface area contributed by atoms with Crippen molar-refractivity contribution in [2.24, 2.45) is 0 Å². The molecule has 0 aliphatic carbocycles. The van der Waals surface area contributed by atoms with Crippen LogP contribution in [0.25, 0.3) is 55.2 Å². The van der Waals surface area contributed by atoms with E-state index < -0.39 is 0 Å². The zero-order valence-electron chi connectivity index (χ0n) is 30.0. The van der Waals surface area contributed by atoms with Crippen molar-refractivity contribution < 1.29 is 4.42 Å². The summed E-state index contributed by atoms with van der Waals surface area (Å²) in [5.41, 5.74) is 11.3. The number of anilines is 6. The standard InChI is InChI=1S/C51H35N3O/c1-5-17-36(18-6-1)37-19-15-27-42(33-37)54(41-25-11-4-12-26-41)43-28-16-20-38(34-43)51-52-49-46-32-31-44(35-48(46)45-29-13-14-30-47(45)50(49)55-51)53(39-21-7-2-8-22-39)40-23-9-3-10-24-40/h1-35H. The summed E-state index contributed by atoms with van der Waals surface area (Å²) in [4.78, 5) is 9.84. The molecule has 0 saturated carbocycles. The van der Waals surface area contributed by atoms with Crippen molar-refractivity contribution in [2.45, 2.75) is 0 Å². The first-order valence-corrected chi connectivity index (χ1v) is 18.5. The largest absolute Gasteiger partial charge is 0.435 e. The van der Waals surface area contributed by atoms with Gasteiger partial charge >= 0.3 is 0 Å². The Morgan fingerprint density at radius 3 is 1.38 bits per heavy atom. The summed E-state index contributed by atoms with van der Waals surface area (Å²) < 4.78 is 6.77. The third kappa shape index (κ3) is 5.96. The van der Waals surface area contributed by atoms with Crippen LogP contribution in [0.2, 0.25) is 0 Å². The van der Waals surface area contributed by atoms with Gasteiger partial charge in [0.1, 0.15) is 5.52 Å². The third-order valence-corrected chi connectivity index (χ3v) is 10.2. The highest BCUT2D eigenvalue weighted by Crippen LogP contribution is 2.43. The first kappa shape index (κ1) is 32.2. The van der Waals surface area contributed by atoms with Crippen LogP contribution in [0.15, 0.2) is 217 Å². The maximum atomic E-state index is 6.77. The molecule has 0 aliphatic heterocycles. The first-order valence-electron chi connectivity index (χ1n) is 18.5. The Morgan fingerprint density at radius 1 is 0.309 bits per heavy atom. The van der Waals surface area contributed by atoms with Crippen LogP contribution in [0, 0.1) is 0 Å². The van der Waals surface area contributed by atoms with Gasteiger partial charge in [0.05, 0.1) is 0 Å². The lowest BCUT2D eigenvalue weighted by molar-refractivity contribution is 0.623. The lowest BCUT2D eigenvalue weighted by Gasteiger charge is -2.26. The molecule has 4 nitrogen and oxygen atoms in total. The van der Waals surface area contributed by atoms with Gasteiger partial charge in [0.25, 0.3) is 0 Å². The number of para-hydroxylation sites is 3. The van der Waals surface area contributed by atoms with E-state index in [4.69, 9.17) is 9.40 Å². The molecule has 10 aromatic rings. The molecule has 55 heavy (non-hydrogen) atoms. The van der Waals surface area contributed by atoms with E-state index in [0.29, 0.717) is 5.89 Å². The second-order valence-corrected chi connectivity index (χ2v) is 13.6. The van der Waals surface area contributed by atoms with Gasteiger partial charge in [-0.25, -0.2) is 4.98 Å². The van der Waals surface area contributed by atoms with Gasteiger partial charge in [-0.1, -0.05) is 127 Å². The Morgan fingerprint density at radius 2 is 0.764 bits per heavy atom. The van der Waals surface area contributed by atoms with Crippen LogP contribution in [0.3, 0.4) is 0 Å². The Bertz CT molecular complexity index is 2890. The zero-order chi connectivity index (χ0) is 36.6. The van der Waals surface area contributed by atoms with Crippen molar-refractivity contribution in [2.75, 3.05) is 9.80 Å². The topological polar surface area (TPSA) is 32.5 Å². The van der Waals surface area contributed by atoms with Crippen LogP contribution in [-0.2, 0) is 0 Å². The summed E-state index contributed by atoms with van der Waals surface area (Å²) in [6.45, 7) is 0. The molecule has 9 aromatic carbocycles. The van der Waals surface area contributed by atoms with Gasteiger partial charge in [-0.05, 0) is 107 Å². The van der Waals surface area contributed by atoms with Crippen molar-refractivity contribution in [3.05, 3.63) is 212 Å². The van der Waals surface area contributed by atoms with Crippen molar-refractivity contribution in [1.82, 2.24) is 4.98 Å². The van der Waals surface area contributed by atoms with Gasteiger partial charge in [0.2, 0.25) is 5.89 Å². The van der Waals surface area contributed by atoms with E-state index >= 15 is 0 Å². The number of fused-ring (bicyclic) bond motifs is 6. The van der Waals surface area contributed by atoms with Gasteiger partial charge in [0, 0.05) is 50.5 Å². The number of hydrogen-bond donors (Lipinski definition) is 0. The molecule has 0 aliphatic rings. The van der Waals surface area contributed by atoms with E-state index in [0.717, 1.165) is 77.9 Å². The van der Waals surface area contributed by atoms with Crippen LogP contribution in [-0.4, -0.2) is 4.98 Å². The normalized spacial score (nSPS) is 11.3. The molecule has 260 valence electrons. The molecule has 0 saturated heterocycles. The minimum atomic E-state index is 0.583. The van der Waals surface area contributed by atoms with E-state index in [-0.39, 0.29) is 0 Å². The monoisotopic (exact) mass is 705 g/mol. The molecular weight excluding hydrogens is 671 g/mol. The fourth-order valence-corrected chi connectivity index (χ4v) is 7.68. The maximum Gasteiger partial charge on any atom is 0.227 e. The van der Waals surface area contributed by atoms with Crippen LogP contribution in [0.4, 0.5) is 34.1 Å². The molecule has 0 atom stereocenters. The minimum absolute atomic E-state index is 0.583. The lowest BCUT2D eigenvalue weighted by atomic mass is 9.99. The van der Waals surface area contributed by atoms with Gasteiger partial charge < -0.3 is 14.2 Å². The summed E-state index contributed by atoms with van der Waals surface area (Å²) in [7, 11) is 0. The van der Waals surface area contributed by atoms with Crippen LogP contribution < -0.4 is 9.80 Å². The first-order chi connectivity index (χ1) is 27.3. The molecule has 0 N–H and O–H groups in total. The van der Waals surface area contributed by atoms with E-state index in [1.807, 2.05) is 0 Å². The van der Waals surface area contributed by atoms with Crippen LogP contribution in [0.1, 0.15) is 0 Å². The zero-order valence-corrected chi connectivity index (χ0v) is 30.0. The van der Waals surface area contributed by atoms with Gasteiger partial charge in [0.15, 0.2) is 5.58 Å². The van der Waals surface area contributed by atoms with Crippen molar-refractivity contribution in [3.63, 3.8) is 0 Å². The fourth-order valence-electron chi connectivity index (χ4n) is 7.68. The molecular formula is C51H35N3O. The Labute approximate surface area is 319 Å².